The average Bonchev–Trinajstić information content (AvgIpc) is 2.99. The molecule has 0 saturated carbocycles. The Morgan fingerprint density at radius 1 is 0.550 bits per heavy atom. The average molecular weight is 533 g/mol. The van der Waals surface area contributed by atoms with Gasteiger partial charge in [-0.1, -0.05) is 87.4 Å². The van der Waals surface area contributed by atoms with Crippen molar-refractivity contribution >= 4 is 23.7 Å². The number of carbonyl (C=O) groups is 2. The first-order valence-electron chi connectivity index (χ1n) is 14.0. The van der Waals surface area contributed by atoms with Crippen LogP contribution in [0.25, 0.3) is 12.2 Å². The van der Waals surface area contributed by atoms with Gasteiger partial charge in [0, 0.05) is 22.3 Å². The van der Waals surface area contributed by atoms with E-state index >= 15 is 0 Å². The van der Waals surface area contributed by atoms with Crippen molar-refractivity contribution < 1.29 is 19.8 Å². The third-order valence-corrected chi connectivity index (χ3v) is 7.10. The summed E-state index contributed by atoms with van der Waals surface area (Å²) in [5.74, 6) is 0.332. The molecule has 204 valence electrons. The number of phenols is 2. The van der Waals surface area contributed by atoms with Crippen molar-refractivity contribution in [3.8, 4) is 11.5 Å². The molecule has 0 fully saturated rings. The third-order valence-electron chi connectivity index (χ3n) is 7.10. The summed E-state index contributed by atoms with van der Waals surface area (Å²) in [6, 6.07) is 25.0. The van der Waals surface area contributed by atoms with E-state index < -0.39 is 0 Å². The van der Waals surface area contributed by atoms with E-state index in [2.05, 4.69) is 13.8 Å². The van der Waals surface area contributed by atoms with E-state index in [4.69, 9.17) is 0 Å². The molecule has 0 atom stereocenters. The van der Waals surface area contributed by atoms with Crippen LogP contribution in [0.2, 0.25) is 0 Å². The fraction of sp³-hybridized carbons (Fsp3) is 0.222. The van der Waals surface area contributed by atoms with E-state index in [0.717, 1.165) is 60.8 Å². The number of ketones is 2. The molecule has 4 aromatic rings. The van der Waals surface area contributed by atoms with Crippen LogP contribution < -0.4 is 0 Å². The minimum Gasteiger partial charge on any atom is -0.508 e. The van der Waals surface area contributed by atoms with E-state index in [1.165, 1.54) is 0 Å². The Labute approximate surface area is 236 Å². The predicted octanol–water partition coefficient (Wildman–Crippen LogP) is 8.42. The molecule has 4 heteroatoms. The molecule has 0 aliphatic heterocycles. The normalized spacial score (nSPS) is 11.2. The predicted molar refractivity (Wildman–Crippen MR) is 162 cm³/mol. The lowest BCUT2D eigenvalue weighted by atomic mass is 9.97. The maximum Gasteiger partial charge on any atom is 0.193 e. The van der Waals surface area contributed by atoms with Gasteiger partial charge in [0.15, 0.2) is 11.6 Å². The molecule has 0 amide bonds. The van der Waals surface area contributed by atoms with Gasteiger partial charge in [-0.25, -0.2) is 0 Å². The SMILES string of the molecule is CCCCc1cc(C(=O)c2ccc(/C=C/c3ccc(C(=O)c4ccc(O)c(CCCC)c4)cc3)cc2)ccc1O. The number of hydrogen-bond donors (Lipinski definition) is 2. The molecule has 0 radical (unpaired) electrons. The lowest BCUT2D eigenvalue weighted by Crippen LogP contribution is -2.02. The van der Waals surface area contributed by atoms with Crippen LogP contribution in [0.15, 0.2) is 84.9 Å². The maximum absolute atomic E-state index is 13.0. The van der Waals surface area contributed by atoms with Gasteiger partial charge in [0.05, 0.1) is 0 Å². The van der Waals surface area contributed by atoms with Crippen LogP contribution in [0.4, 0.5) is 0 Å². The van der Waals surface area contributed by atoms with Crippen LogP contribution in [-0.2, 0) is 12.8 Å². The maximum atomic E-state index is 13.0. The van der Waals surface area contributed by atoms with E-state index in [0.29, 0.717) is 22.3 Å². The highest BCUT2D eigenvalue weighted by Gasteiger charge is 2.13. The summed E-state index contributed by atoms with van der Waals surface area (Å²) in [7, 11) is 0. The molecule has 0 saturated heterocycles. The topological polar surface area (TPSA) is 74.6 Å². The summed E-state index contributed by atoms with van der Waals surface area (Å²) in [6.45, 7) is 4.20. The Bertz CT molecular complexity index is 1380. The van der Waals surface area contributed by atoms with Crippen molar-refractivity contribution in [1.82, 2.24) is 0 Å². The highest BCUT2D eigenvalue weighted by Crippen LogP contribution is 2.24. The summed E-state index contributed by atoms with van der Waals surface area (Å²) >= 11 is 0. The van der Waals surface area contributed by atoms with Gasteiger partial charge in [0.2, 0.25) is 0 Å². The molecule has 0 aliphatic rings. The fourth-order valence-electron chi connectivity index (χ4n) is 4.61. The smallest absolute Gasteiger partial charge is 0.193 e. The second-order valence-corrected chi connectivity index (χ2v) is 10.1. The molecule has 2 N–H and O–H groups in total. The lowest BCUT2D eigenvalue weighted by Gasteiger charge is -2.08. The van der Waals surface area contributed by atoms with Crippen LogP contribution >= 0.6 is 0 Å². The van der Waals surface area contributed by atoms with Crippen LogP contribution in [0.3, 0.4) is 0 Å². The summed E-state index contributed by atoms with van der Waals surface area (Å²) in [6.07, 6.45) is 9.40. The van der Waals surface area contributed by atoms with E-state index in [-0.39, 0.29) is 23.1 Å². The zero-order chi connectivity index (χ0) is 28.5. The summed E-state index contributed by atoms with van der Waals surface area (Å²) < 4.78 is 0. The Balaban J connectivity index is 1.41. The van der Waals surface area contributed by atoms with Crippen LogP contribution in [0, 0.1) is 0 Å². The fourth-order valence-corrected chi connectivity index (χ4v) is 4.61. The molecule has 0 aromatic heterocycles. The second-order valence-electron chi connectivity index (χ2n) is 10.1. The van der Waals surface area contributed by atoms with Gasteiger partial charge in [-0.05, 0) is 84.3 Å². The number of unbranched alkanes of at least 4 members (excludes halogenated alkanes) is 2. The van der Waals surface area contributed by atoms with Crippen molar-refractivity contribution in [2.75, 3.05) is 0 Å². The molecule has 4 rings (SSSR count). The van der Waals surface area contributed by atoms with E-state index in [9.17, 15) is 19.8 Å². The summed E-state index contributed by atoms with van der Waals surface area (Å²) in [5.41, 5.74) is 5.86. The van der Waals surface area contributed by atoms with Gasteiger partial charge >= 0.3 is 0 Å². The van der Waals surface area contributed by atoms with Gasteiger partial charge in [-0.15, -0.1) is 0 Å². The molecule has 40 heavy (non-hydrogen) atoms. The molecule has 0 bridgehead atoms. The van der Waals surface area contributed by atoms with Crippen LogP contribution in [0.5, 0.6) is 11.5 Å². The van der Waals surface area contributed by atoms with Gasteiger partial charge in [-0.3, -0.25) is 9.59 Å². The second kappa shape index (κ2) is 13.6. The number of aryl methyl sites for hydroxylation is 2. The minimum atomic E-state index is -0.0698. The lowest BCUT2D eigenvalue weighted by molar-refractivity contribution is 0.103. The molecule has 4 nitrogen and oxygen atoms in total. The summed E-state index contributed by atoms with van der Waals surface area (Å²) in [4.78, 5) is 26.0. The van der Waals surface area contributed by atoms with Gasteiger partial charge in [0.1, 0.15) is 11.5 Å². The minimum absolute atomic E-state index is 0.0698. The van der Waals surface area contributed by atoms with Crippen molar-refractivity contribution in [2.24, 2.45) is 0 Å². The Morgan fingerprint density at radius 3 is 1.25 bits per heavy atom. The zero-order valence-corrected chi connectivity index (χ0v) is 23.2. The number of benzene rings is 4. The standard InChI is InChI=1S/C36H36O4/c1-3-5-7-29-23-31(19-21-33(29)37)35(39)27-15-11-25(12-16-27)9-10-26-13-17-28(18-14-26)36(40)32-20-22-34(38)30(24-32)8-6-4-2/h9-24,37-38H,3-8H2,1-2H3/b10-9+. The largest absolute Gasteiger partial charge is 0.508 e. The van der Waals surface area contributed by atoms with Gasteiger partial charge in [-0.2, -0.15) is 0 Å². The van der Waals surface area contributed by atoms with Crippen molar-refractivity contribution in [3.05, 3.63) is 129 Å². The van der Waals surface area contributed by atoms with Crippen molar-refractivity contribution in [2.45, 2.75) is 52.4 Å². The van der Waals surface area contributed by atoms with E-state index in [1.807, 2.05) is 60.7 Å². The molecule has 0 aliphatic carbocycles. The highest BCUT2D eigenvalue weighted by molar-refractivity contribution is 6.10. The monoisotopic (exact) mass is 532 g/mol. The van der Waals surface area contributed by atoms with Crippen molar-refractivity contribution in [3.63, 3.8) is 0 Å². The first-order chi connectivity index (χ1) is 19.4. The third kappa shape index (κ3) is 7.15. The molecule has 0 heterocycles. The number of carbonyl (C=O) groups excluding carboxylic acids is 2. The molecular weight excluding hydrogens is 496 g/mol. The van der Waals surface area contributed by atoms with Crippen molar-refractivity contribution in [1.29, 1.82) is 0 Å². The molecule has 0 spiro atoms. The number of aromatic hydroxyl groups is 2. The van der Waals surface area contributed by atoms with E-state index in [1.54, 1.807) is 36.4 Å². The molecular formula is C36H36O4. The zero-order valence-electron chi connectivity index (χ0n) is 23.2. The summed E-state index contributed by atoms with van der Waals surface area (Å²) in [5, 5.41) is 20.2. The quantitative estimate of drug-likeness (QED) is 0.142. The Kier molecular flexibility index (Phi) is 9.69. The Hall–Kier alpha value is -4.44. The number of hydrogen-bond acceptors (Lipinski definition) is 4. The van der Waals surface area contributed by atoms with Gasteiger partial charge < -0.3 is 10.2 Å². The number of phenolic OH excluding ortho intramolecular Hbond substituents is 2. The Morgan fingerprint density at radius 2 is 0.900 bits per heavy atom. The first kappa shape index (κ1) is 28.6. The highest BCUT2D eigenvalue weighted by atomic mass is 16.3. The molecule has 0 unspecified atom stereocenters. The molecule has 4 aromatic carbocycles. The first-order valence-corrected chi connectivity index (χ1v) is 14.0. The van der Waals surface area contributed by atoms with Crippen LogP contribution in [0.1, 0.15) is 93.6 Å². The van der Waals surface area contributed by atoms with Gasteiger partial charge in [0.25, 0.3) is 0 Å². The van der Waals surface area contributed by atoms with Crippen LogP contribution in [-0.4, -0.2) is 21.8 Å². The number of rotatable bonds is 12.